The summed E-state index contributed by atoms with van der Waals surface area (Å²) in [6.07, 6.45) is 0.973. The van der Waals surface area contributed by atoms with Crippen LogP contribution >= 0.6 is 24.0 Å². The summed E-state index contributed by atoms with van der Waals surface area (Å²) in [7, 11) is 0. The Kier molecular flexibility index (Phi) is 6.96. The average molecular weight is 479 g/mol. The lowest BCUT2D eigenvalue weighted by atomic mass is 10.1. The molecule has 6 nitrogen and oxygen atoms in total. The van der Waals surface area contributed by atoms with Gasteiger partial charge in [-0.3, -0.25) is 0 Å². The van der Waals surface area contributed by atoms with Gasteiger partial charge in [-0.2, -0.15) is 9.97 Å². The predicted molar refractivity (Wildman–Crippen MR) is 122 cm³/mol. The van der Waals surface area contributed by atoms with Gasteiger partial charge in [-0.15, -0.1) is 12.4 Å². The molecule has 0 saturated carbocycles. The molecule has 0 spiro atoms. The van der Waals surface area contributed by atoms with Gasteiger partial charge in [-0.1, -0.05) is 29.3 Å². The van der Waals surface area contributed by atoms with Crippen LogP contribution in [-0.2, 0) is 0 Å². The van der Waals surface area contributed by atoms with E-state index >= 15 is 0 Å². The Bertz CT molecular complexity index is 1340. The largest absolute Gasteiger partial charge is 0.434 e. The van der Waals surface area contributed by atoms with Crippen LogP contribution in [-0.4, -0.2) is 21.1 Å². The third kappa shape index (κ3) is 4.51. The maximum atomic E-state index is 14.5. The van der Waals surface area contributed by atoms with E-state index in [-0.39, 0.29) is 46.3 Å². The van der Waals surface area contributed by atoms with E-state index in [4.69, 9.17) is 16.0 Å². The minimum atomic E-state index is -0.767. The van der Waals surface area contributed by atoms with Crippen molar-refractivity contribution in [2.24, 2.45) is 0 Å². The Morgan fingerprint density at radius 3 is 2.56 bits per heavy atom. The van der Waals surface area contributed by atoms with E-state index in [0.717, 1.165) is 22.4 Å². The van der Waals surface area contributed by atoms with E-state index in [1.165, 1.54) is 12.1 Å². The number of nitrogens with one attached hydrogen (secondary N) is 1. The molecule has 0 aliphatic carbocycles. The molecule has 0 unspecified atom stereocenters. The van der Waals surface area contributed by atoms with Gasteiger partial charge in [-0.05, 0) is 44.2 Å². The molecule has 32 heavy (non-hydrogen) atoms. The molecule has 0 fully saturated rings. The summed E-state index contributed by atoms with van der Waals surface area (Å²) >= 11 is 5.79. The molecule has 0 aliphatic rings. The summed E-state index contributed by atoms with van der Waals surface area (Å²) in [5, 5.41) is 2.62. The Morgan fingerprint density at radius 2 is 1.88 bits per heavy atom. The van der Waals surface area contributed by atoms with Gasteiger partial charge in [-0.25, -0.2) is 18.1 Å². The van der Waals surface area contributed by atoms with Crippen LogP contribution in [0.1, 0.15) is 12.5 Å². The van der Waals surface area contributed by atoms with E-state index in [2.05, 4.69) is 15.3 Å². The van der Waals surface area contributed by atoms with Gasteiger partial charge in [0.05, 0.1) is 11.2 Å². The number of aryl methyl sites for hydroxylation is 1. The lowest BCUT2D eigenvalue weighted by molar-refractivity contribution is 0.583. The highest BCUT2D eigenvalue weighted by molar-refractivity contribution is 6.30. The highest BCUT2D eigenvalue weighted by Gasteiger charge is 2.22. The molecule has 166 valence electrons. The van der Waals surface area contributed by atoms with Crippen LogP contribution in [0.4, 0.5) is 14.6 Å². The number of oxazole rings is 1. The van der Waals surface area contributed by atoms with Crippen molar-refractivity contribution in [2.45, 2.75) is 13.8 Å². The average Bonchev–Trinajstić information content (AvgIpc) is 3.18. The SMILES string of the molecule is CCNc1nc(=O)n(-c2nc(-c3cccc(C)c3)oc2-c2ccc(Cl)c(F)c2)cc1F.Cl. The van der Waals surface area contributed by atoms with Crippen molar-refractivity contribution in [3.8, 4) is 28.6 Å². The van der Waals surface area contributed by atoms with Gasteiger partial charge in [0, 0.05) is 17.7 Å². The molecule has 0 amide bonds. The van der Waals surface area contributed by atoms with Gasteiger partial charge in [0.25, 0.3) is 0 Å². The fourth-order valence-electron chi connectivity index (χ4n) is 3.08. The second kappa shape index (κ2) is 9.50. The number of rotatable bonds is 5. The van der Waals surface area contributed by atoms with E-state index in [0.29, 0.717) is 12.1 Å². The number of anilines is 1. The van der Waals surface area contributed by atoms with Gasteiger partial charge in [0.2, 0.25) is 5.89 Å². The molecule has 2 heterocycles. The summed E-state index contributed by atoms with van der Waals surface area (Å²) in [6.45, 7) is 4.06. The molecule has 2 aromatic heterocycles. The third-order valence-corrected chi connectivity index (χ3v) is 4.82. The molecule has 0 atom stereocenters. The smallest absolute Gasteiger partial charge is 0.355 e. The number of nitrogens with zero attached hydrogens (tertiary/aromatic N) is 3. The predicted octanol–water partition coefficient (Wildman–Crippen LogP) is 5.65. The van der Waals surface area contributed by atoms with Crippen molar-refractivity contribution >= 4 is 29.8 Å². The second-order valence-corrected chi connectivity index (χ2v) is 7.20. The molecule has 10 heteroatoms. The Hall–Kier alpha value is -3.23. The van der Waals surface area contributed by atoms with E-state index in [1.54, 1.807) is 13.0 Å². The minimum absolute atomic E-state index is 0. The Balaban J connectivity index is 0.00000289. The number of aromatic nitrogens is 3. The van der Waals surface area contributed by atoms with Crippen LogP contribution in [0, 0.1) is 18.6 Å². The number of benzene rings is 2. The summed E-state index contributed by atoms with van der Waals surface area (Å²) in [4.78, 5) is 20.8. The van der Waals surface area contributed by atoms with Crippen molar-refractivity contribution in [1.82, 2.24) is 14.5 Å². The van der Waals surface area contributed by atoms with Crippen LogP contribution in [0.3, 0.4) is 0 Å². The fraction of sp³-hybridized carbons (Fsp3) is 0.136. The monoisotopic (exact) mass is 478 g/mol. The summed E-state index contributed by atoms with van der Waals surface area (Å²) in [6, 6.07) is 11.4. The molecule has 0 saturated heterocycles. The zero-order valence-corrected chi connectivity index (χ0v) is 18.6. The first-order valence-electron chi connectivity index (χ1n) is 9.44. The zero-order valence-electron chi connectivity index (χ0n) is 17.0. The van der Waals surface area contributed by atoms with Crippen LogP contribution < -0.4 is 11.0 Å². The second-order valence-electron chi connectivity index (χ2n) is 6.79. The van der Waals surface area contributed by atoms with E-state index < -0.39 is 17.3 Å². The summed E-state index contributed by atoms with van der Waals surface area (Å²) < 4.78 is 35.5. The summed E-state index contributed by atoms with van der Waals surface area (Å²) in [5.41, 5.74) is 1.13. The van der Waals surface area contributed by atoms with Gasteiger partial charge < -0.3 is 9.73 Å². The number of halogens is 4. The number of hydrogen-bond donors (Lipinski definition) is 1. The highest BCUT2D eigenvalue weighted by Crippen LogP contribution is 2.33. The van der Waals surface area contributed by atoms with Crippen LogP contribution in [0.15, 0.2) is 57.9 Å². The molecule has 2 aromatic carbocycles. The van der Waals surface area contributed by atoms with Crippen LogP contribution in [0.2, 0.25) is 5.02 Å². The maximum absolute atomic E-state index is 14.5. The zero-order chi connectivity index (χ0) is 22.1. The molecule has 1 N–H and O–H groups in total. The first-order valence-corrected chi connectivity index (χ1v) is 9.82. The highest BCUT2D eigenvalue weighted by atomic mass is 35.5. The van der Waals surface area contributed by atoms with E-state index in [1.807, 2.05) is 25.1 Å². The van der Waals surface area contributed by atoms with Crippen LogP contribution in [0.25, 0.3) is 28.6 Å². The molecular formula is C22H18Cl2F2N4O2. The van der Waals surface area contributed by atoms with E-state index in [9.17, 15) is 13.6 Å². The molecule has 0 radical (unpaired) electrons. The summed E-state index contributed by atoms with van der Waals surface area (Å²) in [5.74, 6) is -1.32. The first kappa shape index (κ1) is 23.4. The minimum Gasteiger partial charge on any atom is -0.434 e. The normalized spacial score (nSPS) is 10.7. The van der Waals surface area contributed by atoms with Crippen molar-refractivity contribution < 1.29 is 13.2 Å². The molecule has 4 rings (SSSR count). The topological polar surface area (TPSA) is 73.0 Å². The maximum Gasteiger partial charge on any atom is 0.355 e. The quantitative estimate of drug-likeness (QED) is 0.401. The Labute approximate surface area is 193 Å². The van der Waals surface area contributed by atoms with Gasteiger partial charge in [0.1, 0.15) is 5.82 Å². The van der Waals surface area contributed by atoms with Crippen molar-refractivity contribution in [1.29, 1.82) is 0 Å². The standard InChI is InChI=1S/C22H17ClF2N4O2.ClH/c1-3-26-19-17(25)11-29(22(30)27-19)20-18(13-7-8-15(23)16(24)10-13)31-21(28-20)14-6-4-5-12(2)9-14;/h4-11H,3H2,1-2H3,(H,26,27,30);1H. The first-order chi connectivity index (χ1) is 14.9. The lowest BCUT2D eigenvalue weighted by Gasteiger charge is -2.07. The van der Waals surface area contributed by atoms with Gasteiger partial charge in [0.15, 0.2) is 23.2 Å². The third-order valence-electron chi connectivity index (χ3n) is 4.51. The molecular weight excluding hydrogens is 461 g/mol. The van der Waals surface area contributed by atoms with Crippen molar-refractivity contribution in [2.75, 3.05) is 11.9 Å². The lowest BCUT2D eigenvalue weighted by Crippen LogP contribution is -2.24. The fourth-order valence-corrected chi connectivity index (χ4v) is 3.20. The van der Waals surface area contributed by atoms with Gasteiger partial charge >= 0.3 is 5.69 Å². The van der Waals surface area contributed by atoms with Crippen molar-refractivity contribution in [3.05, 3.63) is 81.4 Å². The molecule has 0 aliphatic heterocycles. The number of hydrogen-bond acceptors (Lipinski definition) is 5. The van der Waals surface area contributed by atoms with Crippen LogP contribution in [0.5, 0.6) is 0 Å². The Morgan fingerprint density at radius 1 is 1.09 bits per heavy atom. The molecule has 0 bridgehead atoms. The molecule has 4 aromatic rings. The van der Waals surface area contributed by atoms with Crippen molar-refractivity contribution in [3.63, 3.8) is 0 Å².